The van der Waals surface area contributed by atoms with E-state index in [2.05, 4.69) is 15.2 Å². The standard InChI is InChI=1S/C18H22F3N3O/c19-18(20,21)15-6-3-5-14-16(7-8-23-17(14)15)22-9-11-24-10-2-1-4-13(24)12-25/h3,5-8,13,25H,1-2,4,9-12H2,(H,22,23). The summed E-state index contributed by atoms with van der Waals surface area (Å²) in [5.41, 5.74) is -0.107. The first-order valence-electron chi connectivity index (χ1n) is 8.54. The maximum Gasteiger partial charge on any atom is 0.418 e. The molecule has 2 N–H and O–H groups in total. The molecule has 1 unspecified atom stereocenters. The molecule has 1 aliphatic rings. The molecule has 0 spiro atoms. The van der Waals surface area contributed by atoms with E-state index < -0.39 is 11.7 Å². The maximum atomic E-state index is 13.1. The van der Waals surface area contributed by atoms with Gasteiger partial charge < -0.3 is 10.4 Å². The Morgan fingerprint density at radius 1 is 1.24 bits per heavy atom. The maximum absolute atomic E-state index is 13.1. The normalized spacial score (nSPS) is 19.3. The molecular weight excluding hydrogens is 331 g/mol. The molecule has 1 aromatic carbocycles. The lowest BCUT2D eigenvalue weighted by Gasteiger charge is -2.34. The number of rotatable bonds is 5. The number of nitrogens with zero attached hydrogens (tertiary/aromatic N) is 2. The molecule has 1 atom stereocenters. The summed E-state index contributed by atoms with van der Waals surface area (Å²) < 4.78 is 39.4. The highest BCUT2D eigenvalue weighted by Crippen LogP contribution is 2.35. The number of aliphatic hydroxyl groups is 1. The van der Waals surface area contributed by atoms with E-state index in [0.717, 1.165) is 38.4 Å². The summed E-state index contributed by atoms with van der Waals surface area (Å²) in [6, 6.07) is 5.99. The van der Waals surface area contributed by atoms with E-state index in [9.17, 15) is 18.3 Å². The van der Waals surface area contributed by atoms with Crippen molar-refractivity contribution in [2.24, 2.45) is 0 Å². The highest BCUT2D eigenvalue weighted by molar-refractivity contribution is 5.93. The number of nitrogens with one attached hydrogen (secondary N) is 1. The van der Waals surface area contributed by atoms with Crippen molar-refractivity contribution in [2.45, 2.75) is 31.5 Å². The lowest BCUT2D eigenvalue weighted by Crippen LogP contribution is -2.44. The minimum atomic E-state index is -4.42. The minimum Gasteiger partial charge on any atom is -0.395 e. The van der Waals surface area contributed by atoms with Gasteiger partial charge in [-0.25, -0.2) is 0 Å². The van der Waals surface area contributed by atoms with Crippen molar-refractivity contribution in [1.29, 1.82) is 0 Å². The van der Waals surface area contributed by atoms with Crippen molar-refractivity contribution in [2.75, 3.05) is 31.6 Å². The molecule has 1 fully saturated rings. The van der Waals surface area contributed by atoms with Crippen LogP contribution in [-0.4, -0.2) is 47.3 Å². The summed E-state index contributed by atoms with van der Waals surface area (Å²) in [6.45, 7) is 2.44. The number of halogens is 3. The van der Waals surface area contributed by atoms with Crippen molar-refractivity contribution < 1.29 is 18.3 Å². The zero-order valence-electron chi connectivity index (χ0n) is 13.9. The Balaban J connectivity index is 1.74. The van der Waals surface area contributed by atoms with Crippen LogP contribution in [0.15, 0.2) is 30.5 Å². The second-order valence-corrected chi connectivity index (χ2v) is 6.35. The van der Waals surface area contributed by atoms with E-state index in [1.54, 1.807) is 12.1 Å². The third-order valence-electron chi connectivity index (χ3n) is 4.75. The van der Waals surface area contributed by atoms with Gasteiger partial charge in [-0.15, -0.1) is 0 Å². The molecular formula is C18H22F3N3O. The van der Waals surface area contributed by atoms with Gasteiger partial charge in [0.25, 0.3) is 0 Å². The van der Waals surface area contributed by atoms with Gasteiger partial charge in [-0.05, 0) is 31.5 Å². The summed E-state index contributed by atoms with van der Waals surface area (Å²) in [4.78, 5) is 6.17. The molecule has 4 nitrogen and oxygen atoms in total. The van der Waals surface area contributed by atoms with Gasteiger partial charge in [-0.1, -0.05) is 18.6 Å². The summed E-state index contributed by atoms with van der Waals surface area (Å²) in [5.74, 6) is 0. The van der Waals surface area contributed by atoms with E-state index in [1.807, 2.05) is 0 Å². The van der Waals surface area contributed by atoms with Crippen molar-refractivity contribution in [1.82, 2.24) is 9.88 Å². The zero-order valence-corrected chi connectivity index (χ0v) is 13.9. The molecule has 0 aliphatic carbocycles. The van der Waals surface area contributed by atoms with E-state index >= 15 is 0 Å². The fourth-order valence-corrected chi connectivity index (χ4v) is 3.45. The van der Waals surface area contributed by atoms with E-state index in [1.165, 1.54) is 12.3 Å². The highest BCUT2D eigenvalue weighted by Gasteiger charge is 2.33. The topological polar surface area (TPSA) is 48.4 Å². The van der Waals surface area contributed by atoms with Crippen LogP contribution < -0.4 is 5.32 Å². The van der Waals surface area contributed by atoms with Crippen molar-refractivity contribution >= 4 is 16.6 Å². The molecule has 136 valence electrons. The number of para-hydroxylation sites is 1. The quantitative estimate of drug-likeness (QED) is 0.864. The van der Waals surface area contributed by atoms with Gasteiger partial charge >= 0.3 is 6.18 Å². The molecule has 7 heteroatoms. The number of alkyl halides is 3. The smallest absolute Gasteiger partial charge is 0.395 e. The summed E-state index contributed by atoms with van der Waals surface area (Å²) in [5, 5.41) is 13.1. The number of aromatic nitrogens is 1. The molecule has 3 rings (SSSR count). The van der Waals surface area contributed by atoms with E-state index in [0.29, 0.717) is 17.6 Å². The monoisotopic (exact) mass is 353 g/mol. The second kappa shape index (κ2) is 7.58. The van der Waals surface area contributed by atoms with Crippen molar-refractivity contribution in [3.63, 3.8) is 0 Å². The van der Waals surface area contributed by atoms with Gasteiger partial charge in [0.15, 0.2) is 0 Å². The van der Waals surface area contributed by atoms with Crippen LogP contribution in [0.4, 0.5) is 18.9 Å². The molecule has 2 aromatic rings. The second-order valence-electron chi connectivity index (χ2n) is 6.35. The van der Waals surface area contributed by atoms with E-state index in [-0.39, 0.29) is 18.2 Å². The average molecular weight is 353 g/mol. The largest absolute Gasteiger partial charge is 0.418 e. The predicted molar refractivity (Wildman–Crippen MR) is 91.5 cm³/mol. The van der Waals surface area contributed by atoms with Crippen molar-refractivity contribution in [3.05, 3.63) is 36.0 Å². The van der Waals surface area contributed by atoms with Crippen LogP contribution in [0.3, 0.4) is 0 Å². The van der Waals surface area contributed by atoms with Gasteiger partial charge in [0.05, 0.1) is 17.7 Å². The number of hydrogen-bond donors (Lipinski definition) is 2. The van der Waals surface area contributed by atoms with Gasteiger partial charge in [0.1, 0.15) is 0 Å². The van der Waals surface area contributed by atoms with Crippen LogP contribution in [-0.2, 0) is 6.18 Å². The third kappa shape index (κ3) is 4.04. The number of likely N-dealkylation sites (tertiary alicyclic amines) is 1. The first kappa shape index (κ1) is 17.9. The molecule has 0 saturated carbocycles. The van der Waals surface area contributed by atoms with Gasteiger partial charge in [-0.2, -0.15) is 13.2 Å². The first-order chi connectivity index (χ1) is 12.0. The summed E-state index contributed by atoms with van der Waals surface area (Å²) in [7, 11) is 0. The van der Waals surface area contributed by atoms with E-state index in [4.69, 9.17) is 0 Å². The van der Waals surface area contributed by atoms with Crippen LogP contribution in [0.5, 0.6) is 0 Å². The van der Waals surface area contributed by atoms with Crippen LogP contribution in [0, 0.1) is 0 Å². The number of fused-ring (bicyclic) bond motifs is 1. The first-order valence-corrected chi connectivity index (χ1v) is 8.54. The van der Waals surface area contributed by atoms with Crippen LogP contribution in [0.1, 0.15) is 24.8 Å². The molecule has 2 heterocycles. The molecule has 1 saturated heterocycles. The minimum absolute atomic E-state index is 0.0359. The molecule has 1 aliphatic heterocycles. The Bertz CT molecular complexity index is 720. The molecule has 25 heavy (non-hydrogen) atoms. The highest BCUT2D eigenvalue weighted by atomic mass is 19.4. The van der Waals surface area contributed by atoms with Crippen molar-refractivity contribution in [3.8, 4) is 0 Å². The number of hydrogen-bond acceptors (Lipinski definition) is 4. The Morgan fingerprint density at radius 3 is 2.84 bits per heavy atom. The SMILES string of the molecule is OCC1CCCCN1CCNc1ccnc2c(C(F)(F)F)cccc12. The Labute approximate surface area is 144 Å². The lowest BCUT2D eigenvalue weighted by molar-refractivity contribution is -0.136. The van der Waals surface area contributed by atoms with Crippen LogP contribution in [0.25, 0.3) is 10.9 Å². The molecule has 1 aromatic heterocycles. The van der Waals surface area contributed by atoms with Crippen LogP contribution in [0.2, 0.25) is 0 Å². The Kier molecular flexibility index (Phi) is 5.44. The number of aliphatic hydroxyl groups excluding tert-OH is 1. The average Bonchev–Trinajstić information content (AvgIpc) is 2.61. The van der Waals surface area contributed by atoms with Gasteiger partial charge in [-0.3, -0.25) is 9.88 Å². The number of piperidine rings is 1. The summed E-state index contributed by atoms with van der Waals surface area (Å²) >= 11 is 0. The summed E-state index contributed by atoms with van der Waals surface area (Å²) in [6.07, 6.45) is 0.211. The zero-order chi connectivity index (χ0) is 17.9. The van der Waals surface area contributed by atoms with Gasteiger partial charge in [0, 0.05) is 36.4 Å². The number of pyridine rings is 1. The predicted octanol–water partition coefficient (Wildman–Crippen LogP) is 3.51. The van der Waals surface area contributed by atoms with Crippen LogP contribution >= 0.6 is 0 Å². The molecule has 0 radical (unpaired) electrons. The Morgan fingerprint density at radius 2 is 2.08 bits per heavy atom. The fourth-order valence-electron chi connectivity index (χ4n) is 3.45. The van der Waals surface area contributed by atoms with Gasteiger partial charge in [0.2, 0.25) is 0 Å². The number of benzene rings is 1. The lowest BCUT2D eigenvalue weighted by atomic mass is 10.0. The third-order valence-corrected chi connectivity index (χ3v) is 4.75. The molecule has 0 bridgehead atoms. The number of anilines is 1. The fraction of sp³-hybridized carbons (Fsp3) is 0.500. The Hall–Kier alpha value is -1.86. The molecule has 0 amide bonds.